The van der Waals surface area contributed by atoms with Crippen molar-refractivity contribution in [1.82, 2.24) is 0 Å². The van der Waals surface area contributed by atoms with Crippen LogP contribution in [0.1, 0.15) is 12.8 Å². The van der Waals surface area contributed by atoms with E-state index in [4.69, 9.17) is 15.4 Å². The van der Waals surface area contributed by atoms with E-state index in [9.17, 15) is 21.6 Å². The minimum atomic E-state index is -4.19. The minimum absolute atomic E-state index is 0.0908. The SMILES string of the molecule is O=S(=O)(Cl)c1ccc(OCCCC(F)(F)F)cc1. The molecule has 0 saturated heterocycles. The van der Waals surface area contributed by atoms with Crippen molar-refractivity contribution in [3.63, 3.8) is 0 Å². The zero-order chi connectivity index (χ0) is 13.8. The minimum Gasteiger partial charge on any atom is -0.494 e. The van der Waals surface area contributed by atoms with Gasteiger partial charge in [-0.25, -0.2) is 8.42 Å². The molecule has 0 aliphatic rings. The molecule has 0 bridgehead atoms. The highest BCUT2D eigenvalue weighted by atomic mass is 35.7. The lowest BCUT2D eigenvalue weighted by molar-refractivity contribution is -0.136. The molecule has 0 aromatic heterocycles. The summed E-state index contributed by atoms with van der Waals surface area (Å²) in [6.07, 6.45) is -5.26. The van der Waals surface area contributed by atoms with Crippen LogP contribution < -0.4 is 4.74 Å². The number of hydrogen-bond donors (Lipinski definition) is 0. The number of halogens is 4. The molecule has 0 amide bonds. The Hall–Kier alpha value is -0.950. The Morgan fingerprint density at radius 1 is 1.17 bits per heavy atom. The molecule has 0 radical (unpaired) electrons. The molecule has 3 nitrogen and oxygen atoms in total. The zero-order valence-corrected chi connectivity index (χ0v) is 10.6. The molecule has 0 fully saturated rings. The average Bonchev–Trinajstić information content (AvgIpc) is 2.22. The second-order valence-electron chi connectivity index (χ2n) is 3.48. The quantitative estimate of drug-likeness (QED) is 0.619. The summed E-state index contributed by atoms with van der Waals surface area (Å²) in [5, 5.41) is 0. The Morgan fingerprint density at radius 2 is 1.72 bits per heavy atom. The second-order valence-corrected chi connectivity index (χ2v) is 6.04. The Morgan fingerprint density at radius 3 is 2.17 bits per heavy atom. The number of rotatable bonds is 5. The fourth-order valence-electron chi connectivity index (χ4n) is 1.16. The van der Waals surface area contributed by atoms with Crippen LogP contribution in [0.3, 0.4) is 0 Å². The Labute approximate surface area is 107 Å². The highest BCUT2D eigenvalue weighted by molar-refractivity contribution is 8.13. The van der Waals surface area contributed by atoms with Crippen LogP contribution in [0.5, 0.6) is 5.75 Å². The molecule has 0 saturated carbocycles. The summed E-state index contributed by atoms with van der Waals surface area (Å²) >= 11 is 0. The maximum Gasteiger partial charge on any atom is 0.389 e. The van der Waals surface area contributed by atoms with Crippen molar-refractivity contribution in [2.75, 3.05) is 6.61 Å². The first-order chi connectivity index (χ1) is 8.18. The lowest BCUT2D eigenvalue weighted by atomic mass is 10.3. The largest absolute Gasteiger partial charge is 0.494 e. The summed E-state index contributed by atoms with van der Waals surface area (Å²) in [4.78, 5) is -0.0909. The van der Waals surface area contributed by atoms with E-state index >= 15 is 0 Å². The standard InChI is InChI=1S/C10H10ClF3O3S/c11-18(15,16)9-4-2-8(3-5-9)17-7-1-6-10(12,13)14/h2-5H,1,6-7H2. The first-order valence-corrected chi connectivity index (χ1v) is 7.24. The molecule has 0 atom stereocenters. The fourth-order valence-corrected chi connectivity index (χ4v) is 1.93. The van der Waals surface area contributed by atoms with Crippen LogP contribution in [0.4, 0.5) is 13.2 Å². The van der Waals surface area contributed by atoms with Gasteiger partial charge >= 0.3 is 6.18 Å². The van der Waals surface area contributed by atoms with Gasteiger partial charge in [0.25, 0.3) is 9.05 Å². The molecule has 0 heterocycles. The number of benzene rings is 1. The molecule has 18 heavy (non-hydrogen) atoms. The van der Waals surface area contributed by atoms with Gasteiger partial charge in [0.15, 0.2) is 0 Å². The third-order valence-corrected chi connectivity index (χ3v) is 3.35. The summed E-state index contributed by atoms with van der Waals surface area (Å²) in [5.41, 5.74) is 0. The molecule has 0 spiro atoms. The van der Waals surface area contributed by atoms with E-state index in [1.54, 1.807) is 0 Å². The van der Waals surface area contributed by atoms with E-state index in [1.165, 1.54) is 24.3 Å². The number of ether oxygens (including phenoxy) is 1. The highest BCUT2D eigenvalue weighted by Gasteiger charge is 2.26. The van der Waals surface area contributed by atoms with Gasteiger partial charge in [-0.15, -0.1) is 0 Å². The smallest absolute Gasteiger partial charge is 0.389 e. The summed E-state index contributed by atoms with van der Waals surface area (Å²) in [5.74, 6) is 0.293. The van der Waals surface area contributed by atoms with Gasteiger partial charge in [-0.2, -0.15) is 13.2 Å². The van der Waals surface area contributed by atoms with Crippen molar-refractivity contribution < 1.29 is 26.3 Å². The van der Waals surface area contributed by atoms with E-state index in [0.717, 1.165) is 0 Å². The van der Waals surface area contributed by atoms with Crippen molar-refractivity contribution >= 4 is 19.7 Å². The zero-order valence-electron chi connectivity index (χ0n) is 9.08. The molecule has 0 unspecified atom stereocenters. The fraction of sp³-hybridized carbons (Fsp3) is 0.400. The predicted octanol–water partition coefficient (Wildman–Crippen LogP) is 3.34. The lowest BCUT2D eigenvalue weighted by Crippen LogP contribution is -2.09. The second kappa shape index (κ2) is 5.79. The Bertz CT molecular complexity index is 482. The lowest BCUT2D eigenvalue weighted by Gasteiger charge is -2.08. The van der Waals surface area contributed by atoms with Crippen LogP contribution >= 0.6 is 10.7 Å². The van der Waals surface area contributed by atoms with Crippen LogP contribution in [0.25, 0.3) is 0 Å². The van der Waals surface area contributed by atoms with E-state index < -0.39 is 21.6 Å². The third kappa shape index (κ3) is 5.59. The van der Waals surface area contributed by atoms with E-state index in [0.29, 0.717) is 5.75 Å². The van der Waals surface area contributed by atoms with Gasteiger partial charge in [0, 0.05) is 17.1 Å². The Kier molecular flexibility index (Phi) is 4.86. The van der Waals surface area contributed by atoms with Crippen molar-refractivity contribution in [3.8, 4) is 5.75 Å². The summed E-state index contributed by atoms with van der Waals surface area (Å²) in [6.45, 7) is -0.0908. The number of alkyl halides is 3. The van der Waals surface area contributed by atoms with Gasteiger partial charge in [0.1, 0.15) is 5.75 Å². The highest BCUT2D eigenvalue weighted by Crippen LogP contribution is 2.22. The number of hydrogen-bond acceptors (Lipinski definition) is 3. The van der Waals surface area contributed by atoms with Crippen LogP contribution in [-0.2, 0) is 9.05 Å². The van der Waals surface area contributed by atoms with Gasteiger partial charge in [0.05, 0.1) is 11.5 Å². The Balaban J connectivity index is 2.45. The molecular weight excluding hydrogens is 293 g/mol. The maximum absolute atomic E-state index is 11.8. The van der Waals surface area contributed by atoms with E-state index in [2.05, 4.69) is 0 Å². The molecule has 102 valence electrons. The van der Waals surface area contributed by atoms with Gasteiger partial charge in [-0.1, -0.05) is 0 Å². The van der Waals surface area contributed by atoms with Gasteiger partial charge in [-0.3, -0.25) is 0 Å². The van der Waals surface area contributed by atoms with Crippen molar-refractivity contribution in [1.29, 1.82) is 0 Å². The average molecular weight is 303 g/mol. The molecule has 0 N–H and O–H groups in total. The topological polar surface area (TPSA) is 43.4 Å². The first kappa shape index (κ1) is 15.1. The van der Waals surface area contributed by atoms with Crippen LogP contribution in [-0.4, -0.2) is 21.2 Å². The van der Waals surface area contributed by atoms with E-state index in [1.807, 2.05) is 0 Å². The van der Waals surface area contributed by atoms with Gasteiger partial charge in [-0.05, 0) is 30.7 Å². The summed E-state index contributed by atoms with van der Waals surface area (Å²) in [6, 6.07) is 5.12. The third-order valence-electron chi connectivity index (χ3n) is 1.98. The van der Waals surface area contributed by atoms with Crippen LogP contribution in [0, 0.1) is 0 Å². The van der Waals surface area contributed by atoms with Gasteiger partial charge in [0.2, 0.25) is 0 Å². The molecule has 1 rings (SSSR count). The van der Waals surface area contributed by atoms with Crippen LogP contribution in [0.15, 0.2) is 29.2 Å². The first-order valence-electron chi connectivity index (χ1n) is 4.93. The maximum atomic E-state index is 11.8. The van der Waals surface area contributed by atoms with E-state index in [-0.39, 0.29) is 17.9 Å². The molecule has 1 aromatic rings. The predicted molar refractivity (Wildman–Crippen MR) is 60.3 cm³/mol. The molecule has 1 aromatic carbocycles. The van der Waals surface area contributed by atoms with Crippen LogP contribution in [0.2, 0.25) is 0 Å². The molecule has 8 heteroatoms. The summed E-state index contributed by atoms with van der Waals surface area (Å²) < 4.78 is 62.3. The molecule has 0 aliphatic carbocycles. The molecule has 0 aliphatic heterocycles. The molecular formula is C10H10ClF3O3S. The normalized spacial score (nSPS) is 12.4. The monoisotopic (exact) mass is 302 g/mol. The van der Waals surface area contributed by atoms with Crippen molar-refractivity contribution in [2.24, 2.45) is 0 Å². The van der Waals surface area contributed by atoms with Gasteiger partial charge < -0.3 is 4.74 Å². The summed E-state index contributed by atoms with van der Waals surface area (Å²) in [7, 11) is 1.30. The van der Waals surface area contributed by atoms with Crippen molar-refractivity contribution in [3.05, 3.63) is 24.3 Å². The van der Waals surface area contributed by atoms with Crippen molar-refractivity contribution in [2.45, 2.75) is 23.9 Å².